The van der Waals surface area contributed by atoms with Gasteiger partial charge < -0.3 is 20.1 Å². The van der Waals surface area contributed by atoms with E-state index < -0.39 is 18.4 Å². The van der Waals surface area contributed by atoms with Gasteiger partial charge >= 0.3 is 5.97 Å². The standard InChI is InChI=1S/C20H20N4O4/c1-12-4-3-9-24-16(13(2)22-19(12)24)10-17(25)23-15-7-5-14(6-8-15)20(28)21-11-18(26)27/h3-9H,10-11H2,1-2H3,(H,21,28)(H,23,25)(H,26,27). The number of carboxylic acid groups (broad SMARTS) is 1. The Kier molecular flexibility index (Phi) is 5.39. The number of aromatic nitrogens is 2. The molecule has 8 heteroatoms. The van der Waals surface area contributed by atoms with E-state index in [1.165, 1.54) is 12.1 Å². The number of aliphatic carboxylic acids is 1. The Hall–Kier alpha value is -3.68. The van der Waals surface area contributed by atoms with Crippen LogP contribution in [0.25, 0.3) is 5.65 Å². The second-order valence-corrected chi connectivity index (χ2v) is 6.41. The van der Waals surface area contributed by atoms with Crippen molar-refractivity contribution in [2.45, 2.75) is 20.3 Å². The summed E-state index contributed by atoms with van der Waals surface area (Å²) in [5.74, 6) is -1.80. The SMILES string of the molecule is Cc1nc2c(C)cccn2c1CC(=O)Nc1ccc(C(=O)NCC(=O)O)cc1. The molecule has 3 N–H and O–H groups in total. The Balaban J connectivity index is 1.67. The van der Waals surface area contributed by atoms with Crippen molar-refractivity contribution >= 4 is 29.1 Å². The molecule has 0 spiro atoms. The number of rotatable bonds is 6. The minimum absolute atomic E-state index is 0.164. The van der Waals surface area contributed by atoms with Crippen LogP contribution < -0.4 is 10.6 Å². The molecule has 0 bridgehead atoms. The molecule has 28 heavy (non-hydrogen) atoms. The number of hydrogen-bond donors (Lipinski definition) is 3. The first-order chi connectivity index (χ1) is 13.3. The quantitative estimate of drug-likeness (QED) is 0.605. The molecule has 0 aliphatic carbocycles. The third-order valence-corrected chi connectivity index (χ3v) is 4.30. The van der Waals surface area contributed by atoms with Gasteiger partial charge in [0.05, 0.1) is 17.8 Å². The van der Waals surface area contributed by atoms with E-state index >= 15 is 0 Å². The molecule has 0 saturated carbocycles. The van der Waals surface area contributed by atoms with Crippen molar-refractivity contribution in [3.63, 3.8) is 0 Å². The third-order valence-electron chi connectivity index (χ3n) is 4.30. The lowest BCUT2D eigenvalue weighted by atomic mass is 10.2. The molecule has 2 heterocycles. The Labute approximate surface area is 161 Å². The van der Waals surface area contributed by atoms with Crippen LogP contribution in [0.2, 0.25) is 0 Å². The second kappa shape index (κ2) is 7.91. The number of fused-ring (bicyclic) bond motifs is 1. The van der Waals surface area contributed by atoms with Gasteiger partial charge in [0.1, 0.15) is 12.2 Å². The van der Waals surface area contributed by atoms with Gasteiger partial charge in [0, 0.05) is 17.4 Å². The maximum atomic E-state index is 12.5. The van der Waals surface area contributed by atoms with Gasteiger partial charge in [-0.2, -0.15) is 0 Å². The number of aryl methyl sites for hydroxylation is 2. The van der Waals surface area contributed by atoms with Crippen LogP contribution in [-0.2, 0) is 16.0 Å². The maximum absolute atomic E-state index is 12.5. The number of amides is 2. The highest BCUT2D eigenvalue weighted by Crippen LogP contribution is 2.17. The summed E-state index contributed by atoms with van der Waals surface area (Å²) in [4.78, 5) is 39.3. The number of nitrogens with zero attached hydrogens (tertiary/aromatic N) is 2. The van der Waals surface area contributed by atoms with E-state index in [0.29, 0.717) is 11.3 Å². The van der Waals surface area contributed by atoms with E-state index in [4.69, 9.17) is 5.11 Å². The molecule has 3 rings (SSSR count). The molecule has 0 fully saturated rings. The van der Waals surface area contributed by atoms with E-state index in [9.17, 15) is 14.4 Å². The first kappa shape index (κ1) is 19.1. The zero-order valence-corrected chi connectivity index (χ0v) is 15.5. The number of benzene rings is 1. The molecule has 2 aromatic heterocycles. The average Bonchev–Trinajstić information content (AvgIpc) is 2.97. The zero-order valence-electron chi connectivity index (χ0n) is 15.5. The fraction of sp³-hybridized carbons (Fsp3) is 0.200. The van der Waals surface area contributed by atoms with Gasteiger partial charge in [0.25, 0.3) is 5.91 Å². The molecule has 2 amide bonds. The van der Waals surface area contributed by atoms with E-state index in [2.05, 4.69) is 15.6 Å². The molecule has 0 atom stereocenters. The van der Waals surface area contributed by atoms with Crippen LogP contribution in [-0.4, -0.2) is 38.8 Å². The summed E-state index contributed by atoms with van der Waals surface area (Å²) in [5.41, 5.74) is 4.35. The minimum Gasteiger partial charge on any atom is -0.480 e. The minimum atomic E-state index is -1.12. The molecule has 0 saturated heterocycles. The summed E-state index contributed by atoms with van der Waals surface area (Å²) in [5, 5.41) is 13.7. The van der Waals surface area contributed by atoms with Crippen LogP contribution in [0, 0.1) is 13.8 Å². The first-order valence-corrected chi connectivity index (χ1v) is 8.68. The fourth-order valence-electron chi connectivity index (χ4n) is 2.90. The number of carbonyl (C=O) groups excluding carboxylic acids is 2. The fourth-order valence-corrected chi connectivity index (χ4v) is 2.90. The van der Waals surface area contributed by atoms with Crippen molar-refractivity contribution in [1.29, 1.82) is 0 Å². The van der Waals surface area contributed by atoms with E-state index in [1.54, 1.807) is 12.1 Å². The highest BCUT2D eigenvalue weighted by atomic mass is 16.4. The molecule has 0 aliphatic rings. The summed E-state index contributed by atoms with van der Waals surface area (Å²) < 4.78 is 1.92. The highest BCUT2D eigenvalue weighted by molar-refractivity contribution is 5.97. The van der Waals surface area contributed by atoms with E-state index in [-0.39, 0.29) is 12.3 Å². The van der Waals surface area contributed by atoms with Crippen LogP contribution in [0.5, 0.6) is 0 Å². The van der Waals surface area contributed by atoms with Crippen LogP contribution in [0.15, 0.2) is 42.6 Å². The Morgan fingerprint density at radius 3 is 2.50 bits per heavy atom. The van der Waals surface area contributed by atoms with Crippen molar-refractivity contribution < 1.29 is 19.5 Å². The number of carbonyl (C=O) groups is 3. The molecule has 0 aliphatic heterocycles. The number of nitrogens with one attached hydrogen (secondary N) is 2. The lowest BCUT2D eigenvalue weighted by molar-refractivity contribution is -0.135. The molecular formula is C20H20N4O4. The number of hydrogen-bond acceptors (Lipinski definition) is 4. The van der Waals surface area contributed by atoms with Gasteiger partial charge in [0.15, 0.2) is 0 Å². The topological polar surface area (TPSA) is 113 Å². The lowest BCUT2D eigenvalue weighted by Crippen LogP contribution is -2.29. The van der Waals surface area contributed by atoms with Crippen LogP contribution in [0.1, 0.15) is 27.3 Å². The molecule has 0 radical (unpaired) electrons. The van der Waals surface area contributed by atoms with Gasteiger partial charge in [-0.1, -0.05) is 6.07 Å². The molecule has 1 aromatic carbocycles. The van der Waals surface area contributed by atoms with Crippen molar-refractivity contribution in [3.05, 3.63) is 65.1 Å². The van der Waals surface area contributed by atoms with Gasteiger partial charge in [-0.3, -0.25) is 14.4 Å². The second-order valence-electron chi connectivity index (χ2n) is 6.41. The summed E-state index contributed by atoms with van der Waals surface area (Å²) >= 11 is 0. The molecule has 8 nitrogen and oxygen atoms in total. The molecule has 144 valence electrons. The molecule has 0 unspecified atom stereocenters. The molecule has 3 aromatic rings. The highest BCUT2D eigenvalue weighted by Gasteiger charge is 2.14. The zero-order chi connectivity index (χ0) is 20.3. The van der Waals surface area contributed by atoms with Crippen molar-refractivity contribution in [2.24, 2.45) is 0 Å². The van der Waals surface area contributed by atoms with E-state index in [0.717, 1.165) is 22.6 Å². The predicted octanol–water partition coefficient (Wildman–Crippen LogP) is 1.95. The lowest BCUT2D eigenvalue weighted by Gasteiger charge is -2.08. The monoisotopic (exact) mass is 380 g/mol. The van der Waals surface area contributed by atoms with Crippen LogP contribution >= 0.6 is 0 Å². The van der Waals surface area contributed by atoms with Crippen molar-refractivity contribution in [1.82, 2.24) is 14.7 Å². The average molecular weight is 380 g/mol. The van der Waals surface area contributed by atoms with E-state index in [1.807, 2.05) is 36.6 Å². The predicted molar refractivity (Wildman–Crippen MR) is 103 cm³/mol. The number of carboxylic acids is 1. The van der Waals surface area contributed by atoms with Gasteiger partial charge in [-0.25, -0.2) is 4.98 Å². The summed E-state index contributed by atoms with van der Waals surface area (Å²) in [7, 11) is 0. The van der Waals surface area contributed by atoms with Crippen LogP contribution in [0.3, 0.4) is 0 Å². The largest absolute Gasteiger partial charge is 0.480 e. The normalized spacial score (nSPS) is 10.6. The first-order valence-electron chi connectivity index (χ1n) is 8.68. The third kappa shape index (κ3) is 4.17. The maximum Gasteiger partial charge on any atom is 0.322 e. The Morgan fingerprint density at radius 2 is 1.82 bits per heavy atom. The van der Waals surface area contributed by atoms with Crippen LogP contribution in [0.4, 0.5) is 5.69 Å². The van der Waals surface area contributed by atoms with Gasteiger partial charge in [-0.05, 0) is 49.7 Å². The Bertz CT molecular complexity index is 1050. The smallest absolute Gasteiger partial charge is 0.322 e. The van der Waals surface area contributed by atoms with Gasteiger partial charge in [0.2, 0.25) is 5.91 Å². The summed E-state index contributed by atoms with van der Waals surface area (Å²) in [6.07, 6.45) is 2.05. The number of anilines is 1. The molecular weight excluding hydrogens is 360 g/mol. The van der Waals surface area contributed by atoms with Crippen molar-refractivity contribution in [2.75, 3.05) is 11.9 Å². The number of pyridine rings is 1. The number of imidazole rings is 1. The Morgan fingerprint density at radius 1 is 1.11 bits per heavy atom. The van der Waals surface area contributed by atoms with Gasteiger partial charge in [-0.15, -0.1) is 0 Å². The van der Waals surface area contributed by atoms with Crippen molar-refractivity contribution in [3.8, 4) is 0 Å². The summed E-state index contributed by atoms with van der Waals surface area (Å²) in [6.45, 7) is 3.40. The summed E-state index contributed by atoms with van der Waals surface area (Å²) in [6, 6.07) is 10.1.